The van der Waals surface area contributed by atoms with E-state index in [1.165, 1.54) is 0 Å². The second-order valence-electron chi connectivity index (χ2n) is 4.87. The molecule has 21 heavy (non-hydrogen) atoms. The summed E-state index contributed by atoms with van der Waals surface area (Å²) < 4.78 is 5.43. The van der Waals surface area contributed by atoms with Gasteiger partial charge in [-0.1, -0.05) is 13.8 Å². The second kappa shape index (κ2) is 9.00. The van der Waals surface area contributed by atoms with Crippen molar-refractivity contribution in [2.24, 2.45) is 5.92 Å². The maximum absolute atomic E-state index is 11.9. The number of hydrogen-bond acceptors (Lipinski definition) is 3. The summed E-state index contributed by atoms with van der Waals surface area (Å²) in [6.07, 6.45) is 2.23. The summed E-state index contributed by atoms with van der Waals surface area (Å²) in [5.41, 5.74) is 0.741. The predicted octanol–water partition coefficient (Wildman–Crippen LogP) is 3.30. The van der Waals surface area contributed by atoms with Crippen molar-refractivity contribution >= 4 is 17.6 Å². The molecule has 116 valence electrons. The summed E-state index contributed by atoms with van der Waals surface area (Å²) in [5.74, 6) is -0.0777. The lowest BCUT2D eigenvalue weighted by molar-refractivity contribution is -0.137. The summed E-state index contributed by atoms with van der Waals surface area (Å²) in [5, 5.41) is 11.4. The van der Waals surface area contributed by atoms with Gasteiger partial charge in [-0.3, -0.25) is 9.59 Å². The van der Waals surface area contributed by atoms with Crippen molar-refractivity contribution in [3.8, 4) is 5.75 Å². The smallest absolute Gasteiger partial charge is 0.303 e. The number of aliphatic carboxylic acids is 1. The lowest BCUT2D eigenvalue weighted by Crippen LogP contribution is -2.21. The van der Waals surface area contributed by atoms with Crippen LogP contribution in [-0.4, -0.2) is 23.6 Å². The van der Waals surface area contributed by atoms with Crippen molar-refractivity contribution in [1.82, 2.24) is 0 Å². The first kappa shape index (κ1) is 17.0. The lowest BCUT2D eigenvalue weighted by atomic mass is 10.0. The fraction of sp³-hybridized carbons (Fsp3) is 0.500. The summed E-state index contributed by atoms with van der Waals surface area (Å²) in [6.45, 7) is 4.37. The minimum atomic E-state index is -0.821. The summed E-state index contributed by atoms with van der Waals surface area (Å²) in [7, 11) is 0. The van der Waals surface area contributed by atoms with E-state index >= 15 is 0 Å². The number of hydrogen-bond donors (Lipinski definition) is 2. The first-order valence-corrected chi connectivity index (χ1v) is 7.32. The van der Waals surface area contributed by atoms with Crippen LogP contribution in [-0.2, 0) is 9.59 Å². The zero-order valence-electron chi connectivity index (χ0n) is 12.6. The Hall–Kier alpha value is -2.04. The van der Waals surface area contributed by atoms with Gasteiger partial charge in [-0.25, -0.2) is 0 Å². The molecule has 0 aliphatic heterocycles. The molecule has 1 amide bonds. The molecule has 0 spiro atoms. The quantitative estimate of drug-likeness (QED) is 0.685. The van der Waals surface area contributed by atoms with Crippen LogP contribution in [0.1, 0.15) is 39.5 Å². The van der Waals surface area contributed by atoms with Crippen molar-refractivity contribution in [3.63, 3.8) is 0 Å². The number of amides is 1. The summed E-state index contributed by atoms with van der Waals surface area (Å²) in [4.78, 5) is 22.3. The largest absolute Gasteiger partial charge is 0.494 e. The van der Waals surface area contributed by atoms with Crippen molar-refractivity contribution in [1.29, 1.82) is 0 Å². The predicted molar refractivity (Wildman–Crippen MR) is 81.5 cm³/mol. The van der Waals surface area contributed by atoms with Gasteiger partial charge < -0.3 is 15.2 Å². The average molecular weight is 293 g/mol. The van der Waals surface area contributed by atoms with Crippen LogP contribution in [0, 0.1) is 5.92 Å². The van der Waals surface area contributed by atoms with Gasteiger partial charge >= 0.3 is 5.97 Å². The molecule has 0 bridgehead atoms. The maximum atomic E-state index is 11.9. The molecule has 0 saturated heterocycles. The van der Waals surface area contributed by atoms with Crippen molar-refractivity contribution in [2.45, 2.75) is 39.5 Å². The molecule has 2 N–H and O–H groups in total. The van der Waals surface area contributed by atoms with Crippen LogP contribution in [0.4, 0.5) is 5.69 Å². The zero-order valence-corrected chi connectivity index (χ0v) is 12.6. The third-order valence-corrected chi connectivity index (χ3v) is 3.28. The van der Waals surface area contributed by atoms with E-state index in [0.29, 0.717) is 18.8 Å². The van der Waals surface area contributed by atoms with Gasteiger partial charge in [0.15, 0.2) is 0 Å². The van der Waals surface area contributed by atoms with Crippen molar-refractivity contribution < 1.29 is 19.4 Å². The molecule has 0 fully saturated rings. The Morgan fingerprint density at radius 3 is 2.33 bits per heavy atom. The number of carbonyl (C=O) groups is 2. The standard InChI is InChI=1S/C16H23NO4/c1-3-12(4-2)16(20)17-13-7-9-14(10-8-13)21-11-5-6-15(18)19/h7-10,12H,3-6,11H2,1-2H3,(H,17,20)(H,18,19). The van der Waals surface area contributed by atoms with Crippen LogP contribution in [0.2, 0.25) is 0 Å². The Balaban J connectivity index is 2.43. The van der Waals surface area contributed by atoms with Gasteiger partial charge in [0.25, 0.3) is 0 Å². The highest BCUT2D eigenvalue weighted by atomic mass is 16.5. The van der Waals surface area contributed by atoms with Gasteiger partial charge in [0, 0.05) is 18.0 Å². The monoisotopic (exact) mass is 293 g/mol. The molecule has 0 atom stereocenters. The van der Waals surface area contributed by atoms with Gasteiger partial charge in [0.2, 0.25) is 5.91 Å². The van der Waals surface area contributed by atoms with Gasteiger partial charge in [-0.05, 0) is 43.5 Å². The molecule has 0 aliphatic carbocycles. The molecule has 0 aliphatic rings. The number of rotatable bonds is 9. The van der Waals surface area contributed by atoms with E-state index in [9.17, 15) is 9.59 Å². The van der Waals surface area contributed by atoms with Crippen LogP contribution in [0.25, 0.3) is 0 Å². The zero-order chi connectivity index (χ0) is 15.7. The third-order valence-electron chi connectivity index (χ3n) is 3.28. The molecule has 1 rings (SSSR count). The van der Waals surface area contributed by atoms with E-state index in [4.69, 9.17) is 9.84 Å². The molecule has 0 radical (unpaired) electrons. The molecule has 1 aromatic carbocycles. The molecule has 1 aromatic rings. The first-order valence-electron chi connectivity index (χ1n) is 7.32. The lowest BCUT2D eigenvalue weighted by Gasteiger charge is -2.13. The van der Waals surface area contributed by atoms with Crippen LogP contribution in [0.15, 0.2) is 24.3 Å². The first-order chi connectivity index (χ1) is 10.1. The Morgan fingerprint density at radius 2 is 1.81 bits per heavy atom. The number of anilines is 1. The van der Waals surface area contributed by atoms with Crippen LogP contribution >= 0.6 is 0 Å². The molecule has 0 aromatic heterocycles. The van der Waals surface area contributed by atoms with Crippen molar-refractivity contribution in [2.75, 3.05) is 11.9 Å². The van der Waals surface area contributed by atoms with Crippen molar-refractivity contribution in [3.05, 3.63) is 24.3 Å². The highest BCUT2D eigenvalue weighted by Gasteiger charge is 2.13. The third kappa shape index (κ3) is 6.29. The molecule has 0 unspecified atom stereocenters. The van der Waals surface area contributed by atoms with E-state index in [1.807, 2.05) is 13.8 Å². The van der Waals surface area contributed by atoms with E-state index in [1.54, 1.807) is 24.3 Å². The normalized spacial score (nSPS) is 10.4. The minimum absolute atomic E-state index is 0.0372. The molecule has 5 nitrogen and oxygen atoms in total. The van der Waals surface area contributed by atoms with E-state index < -0.39 is 5.97 Å². The Bertz CT molecular complexity index is 452. The van der Waals surface area contributed by atoms with Gasteiger partial charge in [0.05, 0.1) is 6.61 Å². The highest BCUT2D eigenvalue weighted by molar-refractivity contribution is 5.92. The average Bonchev–Trinajstić information content (AvgIpc) is 2.46. The molecule has 0 heterocycles. The molecule has 5 heteroatoms. The highest BCUT2D eigenvalue weighted by Crippen LogP contribution is 2.18. The second-order valence-corrected chi connectivity index (χ2v) is 4.87. The minimum Gasteiger partial charge on any atom is -0.494 e. The maximum Gasteiger partial charge on any atom is 0.303 e. The fourth-order valence-corrected chi connectivity index (χ4v) is 1.95. The molecular formula is C16H23NO4. The van der Waals surface area contributed by atoms with Crippen LogP contribution in [0.3, 0.4) is 0 Å². The van der Waals surface area contributed by atoms with Gasteiger partial charge in [0.1, 0.15) is 5.75 Å². The number of nitrogens with one attached hydrogen (secondary N) is 1. The van der Waals surface area contributed by atoms with E-state index in [2.05, 4.69) is 5.32 Å². The van der Waals surface area contributed by atoms with Crippen LogP contribution in [0.5, 0.6) is 5.75 Å². The number of carboxylic acid groups (broad SMARTS) is 1. The molecular weight excluding hydrogens is 270 g/mol. The number of benzene rings is 1. The Morgan fingerprint density at radius 1 is 1.19 bits per heavy atom. The SMILES string of the molecule is CCC(CC)C(=O)Nc1ccc(OCCCC(=O)O)cc1. The summed E-state index contributed by atoms with van der Waals surface area (Å²) in [6, 6.07) is 7.10. The topological polar surface area (TPSA) is 75.6 Å². The Labute approximate surface area is 125 Å². The molecule has 0 saturated carbocycles. The van der Waals surface area contributed by atoms with Gasteiger partial charge in [-0.15, -0.1) is 0 Å². The van der Waals surface area contributed by atoms with Crippen LogP contribution < -0.4 is 10.1 Å². The number of carboxylic acids is 1. The van der Waals surface area contributed by atoms with E-state index in [-0.39, 0.29) is 18.2 Å². The van der Waals surface area contributed by atoms with E-state index in [0.717, 1.165) is 18.5 Å². The summed E-state index contributed by atoms with van der Waals surface area (Å²) >= 11 is 0. The van der Waals surface area contributed by atoms with Gasteiger partial charge in [-0.2, -0.15) is 0 Å². The number of ether oxygens (including phenoxy) is 1. The Kier molecular flexibility index (Phi) is 7.29. The fourth-order valence-electron chi connectivity index (χ4n) is 1.95. The number of carbonyl (C=O) groups excluding carboxylic acids is 1.